The van der Waals surface area contributed by atoms with Gasteiger partial charge in [0.15, 0.2) is 11.0 Å². The summed E-state index contributed by atoms with van der Waals surface area (Å²) in [6.07, 6.45) is 1.67. The average molecular weight is 461 g/mol. The van der Waals surface area contributed by atoms with E-state index in [9.17, 15) is 9.18 Å². The molecular weight excluding hydrogens is 439 g/mol. The number of hydrogen-bond donors (Lipinski definition) is 1. The van der Waals surface area contributed by atoms with Crippen molar-refractivity contribution in [3.63, 3.8) is 0 Å². The number of rotatable bonds is 8. The van der Waals surface area contributed by atoms with E-state index in [0.29, 0.717) is 39.5 Å². The summed E-state index contributed by atoms with van der Waals surface area (Å²) in [6.45, 7) is 7.73. The minimum atomic E-state index is -0.512. The summed E-state index contributed by atoms with van der Waals surface area (Å²) in [4.78, 5) is 12.8. The van der Waals surface area contributed by atoms with Gasteiger partial charge in [-0.3, -0.25) is 9.36 Å². The third-order valence-corrected chi connectivity index (χ3v) is 6.02. The number of methoxy groups -OCH3 is 1. The molecule has 9 heteroatoms. The summed E-state index contributed by atoms with van der Waals surface area (Å²) < 4.78 is 21.3. The second-order valence-corrected chi connectivity index (χ2v) is 8.45. The van der Waals surface area contributed by atoms with E-state index in [1.165, 1.54) is 24.9 Å². The smallest absolute Gasteiger partial charge is 0.237 e. The Hall–Kier alpha value is -2.84. The van der Waals surface area contributed by atoms with E-state index in [1.54, 1.807) is 47.9 Å². The Morgan fingerprint density at radius 3 is 2.81 bits per heavy atom. The summed E-state index contributed by atoms with van der Waals surface area (Å²) in [5, 5.41) is 11.7. The molecule has 162 valence electrons. The fraction of sp³-hybridized carbons (Fsp3) is 0.227. The maximum Gasteiger partial charge on any atom is 0.237 e. The van der Waals surface area contributed by atoms with Gasteiger partial charge < -0.3 is 10.1 Å². The van der Waals surface area contributed by atoms with E-state index in [1.807, 2.05) is 6.92 Å². The standard InChI is InChI=1S/C22H22ClFN4O2S/c1-5-10-28-20(15-8-6-7-9-17(15)24)26-27-22(28)31-14(3)21(29)25-18-11-13(2)16(23)12-19(18)30-4/h5-9,11-12,14H,1,10H2,2-4H3,(H,25,29). The molecule has 1 aromatic heterocycles. The van der Waals surface area contributed by atoms with Crippen LogP contribution in [0.1, 0.15) is 12.5 Å². The highest BCUT2D eigenvalue weighted by atomic mass is 35.5. The monoisotopic (exact) mass is 460 g/mol. The van der Waals surface area contributed by atoms with Crippen LogP contribution in [0.25, 0.3) is 11.4 Å². The highest BCUT2D eigenvalue weighted by Gasteiger charge is 2.22. The third-order valence-electron chi connectivity index (χ3n) is 4.53. The van der Waals surface area contributed by atoms with E-state index < -0.39 is 11.1 Å². The topological polar surface area (TPSA) is 69.0 Å². The first-order valence-electron chi connectivity index (χ1n) is 9.46. The molecule has 3 aromatic rings. The Balaban J connectivity index is 1.83. The first-order valence-corrected chi connectivity index (χ1v) is 10.7. The Labute approximate surface area is 189 Å². The molecule has 0 spiro atoms. The zero-order valence-electron chi connectivity index (χ0n) is 17.4. The van der Waals surface area contributed by atoms with Crippen LogP contribution in [-0.4, -0.2) is 33.0 Å². The number of carbonyl (C=O) groups is 1. The molecule has 0 aliphatic heterocycles. The minimum absolute atomic E-state index is 0.245. The van der Waals surface area contributed by atoms with Crippen LogP contribution in [0.3, 0.4) is 0 Å². The number of halogens is 2. The Bertz CT molecular complexity index is 1120. The molecule has 0 radical (unpaired) electrons. The van der Waals surface area contributed by atoms with E-state index in [-0.39, 0.29) is 5.91 Å². The van der Waals surface area contributed by atoms with Crippen LogP contribution in [0.5, 0.6) is 5.75 Å². The molecule has 1 heterocycles. The Morgan fingerprint density at radius 1 is 1.39 bits per heavy atom. The van der Waals surface area contributed by atoms with Crippen LogP contribution >= 0.6 is 23.4 Å². The van der Waals surface area contributed by atoms with Gasteiger partial charge in [0.2, 0.25) is 5.91 Å². The molecule has 3 rings (SSSR count). The lowest BCUT2D eigenvalue weighted by molar-refractivity contribution is -0.115. The number of hydrogen-bond acceptors (Lipinski definition) is 5. The number of carbonyl (C=O) groups excluding carboxylic acids is 1. The SMILES string of the molecule is C=CCn1c(SC(C)C(=O)Nc2cc(C)c(Cl)cc2OC)nnc1-c1ccccc1F. The van der Waals surface area contributed by atoms with Crippen molar-refractivity contribution >= 4 is 35.0 Å². The summed E-state index contributed by atoms with van der Waals surface area (Å²) in [6, 6.07) is 9.77. The highest BCUT2D eigenvalue weighted by Crippen LogP contribution is 2.33. The van der Waals surface area contributed by atoms with Gasteiger partial charge in [-0.25, -0.2) is 4.39 Å². The second-order valence-electron chi connectivity index (χ2n) is 6.74. The fourth-order valence-corrected chi connectivity index (χ4v) is 3.90. The highest BCUT2D eigenvalue weighted by molar-refractivity contribution is 8.00. The number of allylic oxidation sites excluding steroid dienone is 1. The van der Waals surface area contributed by atoms with Crippen molar-refractivity contribution in [2.45, 2.75) is 30.8 Å². The summed E-state index contributed by atoms with van der Waals surface area (Å²) in [5.41, 5.74) is 1.68. The molecule has 1 N–H and O–H groups in total. The molecule has 0 fully saturated rings. The number of thioether (sulfide) groups is 1. The largest absolute Gasteiger partial charge is 0.495 e. The quantitative estimate of drug-likeness (QED) is 0.362. The minimum Gasteiger partial charge on any atom is -0.495 e. The number of nitrogens with zero attached hydrogens (tertiary/aromatic N) is 3. The van der Waals surface area contributed by atoms with Gasteiger partial charge in [0.1, 0.15) is 11.6 Å². The van der Waals surface area contributed by atoms with Crippen molar-refractivity contribution in [1.29, 1.82) is 0 Å². The normalized spacial score (nSPS) is 11.8. The predicted molar refractivity (Wildman–Crippen MR) is 122 cm³/mol. The average Bonchev–Trinajstić information content (AvgIpc) is 3.13. The zero-order chi connectivity index (χ0) is 22.5. The molecule has 2 aromatic carbocycles. The summed E-state index contributed by atoms with van der Waals surface area (Å²) in [7, 11) is 1.51. The zero-order valence-corrected chi connectivity index (χ0v) is 18.9. The summed E-state index contributed by atoms with van der Waals surface area (Å²) >= 11 is 7.35. The molecular formula is C22H22ClFN4O2S. The van der Waals surface area contributed by atoms with Crippen molar-refractivity contribution in [3.8, 4) is 17.1 Å². The number of anilines is 1. The molecule has 1 atom stereocenters. The van der Waals surface area contributed by atoms with E-state index in [0.717, 1.165) is 5.56 Å². The number of benzene rings is 2. The molecule has 31 heavy (non-hydrogen) atoms. The van der Waals surface area contributed by atoms with Crippen LogP contribution in [0.4, 0.5) is 10.1 Å². The molecule has 0 saturated heterocycles. The van der Waals surface area contributed by atoms with E-state index in [4.69, 9.17) is 16.3 Å². The van der Waals surface area contributed by atoms with Gasteiger partial charge in [-0.2, -0.15) is 0 Å². The van der Waals surface area contributed by atoms with Crippen LogP contribution < -0.4 is 10.1 Å². The van der Waals surface area contributed by atoms with Crippen LogP contribution in [0.2, 0.25) is 5.02 Å². The number of aromatic nitrogens is 3. The van der Waals surface area contributed by atoms with Crippen LogP contribution in [0.15, 0.2) is 54.2 Å². The lowest BCUT2D eigenvalue weighted by Gasteiger charge is -2.15. The molecule has 0 bridgehead atoms. The van der Waals surface area contributed by atoms with Gasteiger partial charge in [0.25, 0.3) is 0 Å². The van der Waals surface area contributed by atoms with Crippen LogP contribution in [0, 0.1) is 12.7 Å². The predicted octanol–water partition coefficient (Wildman–Crippen LogP) is 5.36. The first-order chi connectivity index (χ1) is 14.8. The molecule has 1 amide bonds. The van der Waals surface area contributed by atoms with Gasteiger partial charge in [0, 0.05) is 17.6 Å². The van der Waals surface area contributed by atoms with Crippen molar-refractivity contribution in [2.24, 2.45) is 0 Å². The van der Waals surface area contributed by atoms with Crippen molar-refractivity contribution in [2.75, 3.05) is 12.4 Å². The van der Waals surface area contributed by atoms with Crippen molar-refractivity contribution < 1.29 is 13.9 Å². The molecule has 6 nitrogen and oxygen atoms in total. The lowest BCUT2D eigenvalue weighted by Crippen LogP contribution is -2.23. The Morgan fingerprint density at radius 2 is 2.13 bits per heavy atom. The van der Waals surface area contributed by atoms with E-state index in [2.05, 4.69) is 22.1 Å². The number of nitrogens with one attached hydrogen (secondary N) is 1. The van der Waals surface area contributed by atoms with Gasteiger partial charge in [-0.1, -0.05) is 41.6 Å². The molecule has 0 aliphatic carbocycles. The lowest BCUT2D eigenvalue weighted by atomic mass is 10.2. The maximum absolute atomic E-state index is 14.3. The number of amides is 1. The van der Waals surface area contributed by atoms with Gasteiger partial charge in [0.05, 0.1) is 23.6 Å². The van der Waals surface area contributed by atoms with Crippen molar-refractivity contribution in [1.82, 2.24) is 14.8 Å². The number of ether oxygens (including phenoxy) is 1. The van der Waals surface area contributed by atoms with Crippen LogP contribution in [-0.2, 0) is 11.3 Å². The fourth-order valence-electron chi connectivity index (χ4n) is 2.89. The van der Waals surface area contributed by atoms with Gasteiger partial charge in [-0.15, -0.1) is 16.8 Å². The van der Waals surface area contributed by atoms with E-state index >= 15 is 0 Å². The summed E-state index contributed by atoms with van der Waals surface area (Å²) in [5.74, 6) is 0.208. The van der Waals surface area contributed by atoms with Gasteiger partial charge >= 0.3 is 0 Å². The molecule has 0 saturated carbocycles. The first kappa shape index (κ1) is 22.8. The van der Waals surface area contributed by atoms with Crippen molar-refractivity contribution in [3.05, 3.63) is 65.5 Å². The van der Waals surface area contributed by atoms with Gasteiger partial charge in [-0.05, 0) is 37.6 Å². The Kier molecular flexibility index (Phi) is 7.35. The maximum atomic E-state index is 14.3. The third kappa shape index (κ3) is 5.08. The molecule has 0 aliphatic rings. The second kappa shape index (κ2) is 9.98. The molecule has 1 unspecified atom stereocenters. The number of aryl methyl sites for hydroxylation is 1.